The molecule has 0 saturated heterocycles. The van der Waals surface area contributed by atoms with Gasteiger partial charge in [0, 0.05) is 11.1 Å². The van der Waals surface area contributed by atoms with Crippen LogP contribution in [0.25, 0.3) is 0 Å². The van der Waals surface area contributed by atoms with Gasteiger partial charge in [0.2, 0.25) is 11.7 Å². The van der Waals surface area contributed by atoms with Gasteiger partial charge in [-0.2, -0.15) is 0 Å². The molecule has 4 nitrogen and oxygen atoms in total. The second-order valence-corrected chi connectivity index (χ2v) is 4.64. The van der Waals surface area contributed by atoms with Crippen molar-refractivity contribution in [3.8, 4) is 5.75 Å². The van der Waals surface area contributed by atoms with Gasteiger partial charge < -0.3 is 10.5 Å². The molecule has 108 valence electrons. The van der Waals surface area contributed by atoms with E-state index in [4.69, 9.17) is 10.5 Å². The third-order valence-electron chi connectivity index (χ3n) is 3.12. The molecule has 0 aliphatic heterocycles. The Morgan fingerprint density at radius 3 is 2.33 bits per heavy atom. The maximum Gasteiger partial charge on any atom is 0.248 e. The molecule has 0 radical (unpaired) electrons. The molecule has 0 aliphatic carbocycles. The highest BCUT2D eigenvalue weighted by molar-refractivity contribution is 5.99. The van der Waals surface area contributed by atoms with Crippen molar-refractivity contribution in [1.29, 1.82) is 0 Å². The van der Waals surface area contributed by atoms with E-state index in [9.17, 15) is 9.59 Å². The third-order valence-corrected chi connectivity index (χ3v) is 3.12. The highest BCUT2D eigenvalue weighted by Gasteiger charge is 2.20. The summed E-state index contributed by atoms with van der Waals surface area (Å²) in [6.45, 7) is 1.88. The number of ketones is 1. The van der Waals surface area contributed by atoms with Crippen molar-refractivity contribution in [2.75, 3.05) is 0 Å². The van der Waals surface area contributed by atoms with Crippen molar-refractivity contribution in [3.63, 3.8) is 0 Å². The number of amides is 1. The maximum atomic E-state index is 12.4. The number of carbonyl (C=O) groups excluding carboxylic acids is 2. The zero-order valence-electron chi connectivity index (χ0n) is 11.8. The van der Waals surface area contributed by atoms with Crippen molar-refractivity contribution in [1.82, 2.24) is 0 Å². The topological polar surface area (TPSA) is 69.4 Å². The minimum absolute atomic E-state index is 0.0809. The Bertz CT molecular complexity index is 637. The molecule has 0 aromatic heterocycles. The van der Waals surface area contributed by atoms with E-state index in [0.717, 1.165) is 0 Å². The molecule has 1 amide bonds. The Balaban J connectivity index is 2.18. The van der Waals surface area contributed by atoms with Crippen LogP contribution in [0.4, 0.5) is 0 Å². The van der Waals surface area contributed by atoms with Gasteiger partial charge in [0.15, 0.2) is 6.10 Å². The SMILES string of the molecule is CCC(Oc1cccc(C(N)=O)c1)C(=O)c1ccccc1. The van der Waals surface area contributed by atoms with Crippen LogP contribution in [0.5, 0.6) is 5.75 Å². The molecule has 21 heavy (non-hydrogen) atoms. The van der Waals surface area contributed by atoms with Gasteiger partial charge >= 0.3 is 0 Å². The Labute approximate surface area is 123 Å². The van der Waals surface area contributed by atoms with Crippen molar-refractivity contribution < 1.29 is 14.3 Å². The molecule has 2 rings (SSSR count). The predicted molar refractivity (Wildman–Crippen MR) is 80.4 cm³/mol. The first-order valence-electron chi connectivity index (χ1n) is 6.77. The highest BCUT2D eigenvalue weighted by Crippen LogP contribution is 2.18. The Morgan fingerprint density at radius 2 is 1.71 bits per heavy atom. The molecule has 1 atom stereocenters. The Morgan fingerprint density at radius 1 is 1.05 bits per heavy atom. The molecule has 0 spiro atoms. The molecule has 2 aromatic carbocycles. The van der Waals surface area contributed by atoms with Gasteiger partial charge in [-0.3, -0.25) is 9.59 Å². The molecule has 0 aliphatic rings. The molecule has 0 saturated carbocycles. The fourth-order valence-electron chi connectivity index (χ4n) is 2.00. The van der Waals surface area contributed by atoms with Gasteiger partial charge in [-0.1, -0.05) is 43.3 Å². The first kappa shape index (κ1) is 14.8. The van der Waals surface area contributed by atoms with E-state index in [1.165, 1.54) is 0 Å². The van der Waals surface area contributed by atoms with Gasteiger partial charge in [-0.15, -0.1) is 0 Å². The maximum absolute atomic E-state index is 12.4. The largest absolute Gasteiger partial charge is 0.482 e. The number of ether oxygens (including phenoxy) is 1. The van der Waals surface area contributed by atoms with E-state index in [1.54, 1.807) is 36.4 Å². The monoisotopic (exact) mass is 283 g/mol. The number of Topliss-reactive ketones (excluding diaryl/α,β-unsaturated/α-hetero) is 1. The summed E-state index contributed by atoms with van der Waals surface area (Å²) in [6.07, 6.45) is -0.0512. The van der Waals surface area contributed by atoms with Crippen LogP contribution in [0, 0.1) is 0 Å². The lowest BCUT2D eigenvalue weighted by molar-refractivity contribution is 0.0786. The lowest BCUT2D eigenvalue weighted by Crippen LogP contribution is -2.26. The summed E-state index contributed by atoms with van der Waals surface area (Å²) in [5, 5.41) is 0. The quantitative estimate of drug-likeness (QED) is 0.829. The summed E-state index contributed by atoms with van der Waals surface area (Å²) >= 11 is 0. The van der Waals surface area contributed by atoms with Crippen LogP contribution >= 0.6 is 0 Å². The number of carbonyl (C=O) groups is 2. The smallest absolute Gasteiger partial charge is 0.248 e. The van der Waals surface area contributed by atoms with E-state index < -0.39 is 12.0 Å². The molecule has 0 heterocycles. The summed E-state index contributed by atoms with van der Waals surface area (Å²) in [4.78, 5) is 23.5. The van der Waals surface area contributed by atoms with Crippen LogP contribution in [0.3, 0.4) is 0 Å². The minimum Gasteiger partial charge on any atom is -0.482 e. The second kappa shape index (κ2) is 6.70. The molecule has 2 N–H and O–H groups in total. The normalized spacial score (nSPS) is 11.7. The van der Waals surface area contributed by atoms with E-state index in [-0.39, 0.29) is 5.78 Å². The van der Waals surface area contributed by atoms with Crippen LogP contribution in [0.15, 0.2) is 54.6 Å². The molecule has 1 unspecified atom stereocenters. The number of hydrogen-bond donors (Lipinski definition) is 1. The third kappa shape index (κ3) is 3.69. The van der Waals surface area contributed by atoms with Crippen LogP contribution in [0.1, 0.15) is 34.1 Å². The zero-order valence-corrected chi connectivity index (χ0v) is 11.8. The fourth-order valence-corrected chi connectivity index (χ4v) is 2.00. The zero-order chi connectivity index (χ0) is 15.2. The van der Waals surface area contributed by atoms with Crippen molar-refractivity contribution >= 4 is 11.7 Å². The first-order valence-corrected chi connectivity index (χ1v) is 6.77. The van der Waals surface area contributed by atoms with Gasteiger partial charge in [0.25, 0.3) is 0 Å². The lowest BCUT2D eigenvalue weighted by atomic mass is 10.0. The lowest BCUT2D eigenvalue weighted by Gasteiger charge is -2.17. The van der Waals surface area contributed by atoms with Crippen LogP contribution in [-0.4, -0.2) is 17.8 Å². The molecule has 0 fully saturated rings. The Kier molecular flexibility index (Phi) is 4.72. The van der Waals surface area contributed by atoms with Crippen LogP contribution in [-0.2, 0) is 0 Å². The van der Waals surface area contributed by atoms with Gasteiger partial charge in [-0.25, -0.2) is 0 Å². The predicted octanol–water partition coefficient (Wildman–Crippen LogP) is 2.83. The van der Waals surface area contributed by atoms with Gasteiger partial charge in [-0.05, 0) is 24.6 Å². The first-order chi connectivity index (χ1) is 10.1. The van der Waals surface area contributed by atoms with Gasteiger partial charge in [0.1, 0.15) is 5.75 Å². The summed E-state index contributed by atoms with van der Waals surface area (Å²) < 4.78 is 5.71. The summed E-state index contributed by atoms with van der Waals surface area (Å²) in [7, 11) is 0. The second-order valence-electron chi connectivity index (χ2n) is 4.64. The molecular weight excluding hydrogens is 266 g/mol. The van der Waals surface area contributed by atoms with Crippen molar-refractivity contribution in [2.24, 2.45) is 5.73 Å². The molecule has 0 bridgehead atoms. The van der Waals surface area contributed by atoms with Crippen molar-refractivity contribution in [3.05, 3.63) is 65.7 Å². The van der Waals surface area contributed by atoms with Crippen LogP contribution < -0.4 is 10.5 Å². The van der Waals surface area contributed by atoms with Gasteiger partial charge in [0.05, 0.1) is 0 Å². The number of rotatable bonds is 6. The van der Waals surface area contributed by atoms with E-state index in [2.05, 4.69) is 0 Å². The summed E-state index contributed by atoms with van der Waals surface area (Å²) in [6, 6.07) is 15.5. The molecular formula is C17H17NO3. The molecule has 2 aromatic rings. The fraction of sp³-hybridized carbons (Fsp3) is 0.176. The minimum atomic E-state index is -0.587. The average Bonchev–Trinajstić information content (AvgIpc) is 2.53. The number of benzene rings is 2. The number of nitrogens with two attached hydrogens (primary N) is 1. The van der Waals surface area contributed by atoms with E-state index >= 15 is 0 Å². The standard InChI is InChI=1S/C17H17NO3/c1-2-15(16(19)12-7-4-3-5-8-12)21-14-10-6-9-13(11-14)17(18)20/h3-11,15H,2H2,1H3,(H2,18,20). The van der Waals surface area contributed by atoms with Crippen molar-refractivity contribution in [2.45, 2.75) is 19.4 Å². The summed E-state index contributed by atoms with van der Waals surface area (Å²) in [5.74, 6) is -0.145. The number of hydrogen-bond acceptors (Lipinski definition) is 3. The van der Waals surface area contributed by atoms with E-state index in [1.807, 2.05) is 25.1 Å². The average molecular weight is 283 g/mol. The van der Waals surface area contributed by atoms with Crippen LogP contribution in [0.2, 0.25) is 0 Å². The highest BCUT2D eigenvalue weighted by atomic mass is 16.5. The summed E-state index contributed by atoms with van der Waals surface area (Å²) in [5.41, 5.74) is 6.20. The number of primary amides is 1. The Hall–Kier alpha value is -2.62. The van der Waals surface area contributed by atoms with E-state index in [0.29, 0.717) is 23.3 Å². The molecule has 4 heteroatoms.